The van der Waals surface area contributed by atoms with Crippen molar-refractivity contribution in [3.8, 4) is 0 Å². The van der Waals surface area contributed by atoms with Gasteiger partial charge in [0.1, 0.15) is 13.2 Å². The summed E-state index contributed by atoms with van der Waals surface area (Å²) >= 11 is 0. The van der Waals surface area contributed by atoms with Gasteiger partial charge in [-0.25, -0.2) is 0 Å². The average Bonchev–Trinajstić information content (AvgIpc) is 2.72. The van der Waals surface area contributed by atoms with Crippen molar-refractivity contribution in [1.82, 2.24) is 0 Å². The standard InChI is InChI=1S/C21H40O9/c1-3-4-5-6-7-21(23)30-19-17-28-15-13-26-11-9-24-8-10-25-12-14-27-16-18-29-20(2)22/h3-19H2,1-2H3. The fraction of sp³-hybridized carbons (Fsp3) is 0.905. The molecule has 178 valence electrons. The Hall–Kier alpha value is -1.26. The number of carbonyl (C=O) groups is 2. The first-order valence-electron chi connectivity index (χ1n) is 10.8. The Morgan fingerprint density at radius 1 is 0.533 bits per heavy atom. The molecule has 0 aliphatic rings. The van der Waals surface area contributed by atoms with Crippen molar-refractivity contribution in [2.45, 2.75) is 46.0 Å². The van der Waals surface area contributed by atoms with E-state index in [-0.39, 0.29) is 25.2 Å². The molecule has 0 aliphatic heterocycles. The van der Waals surface area contributed by atoms with Gasteiger partial charge in [-0.3, -0.25) is 9.59 Å². The van der Waals surface area contributed by atoms with Crippen molar-refractivity contribution < 1.29 is 42.7 Å². The number of esters is 2. The maximum absolute atomic E-state index is 11.5. The molecule has 0 fully saturated rings. The van der Waals surface area contributed by atoms with Gasteiger partial charge in [-0.2, -0.15) is 0 Å². The second-order valence-electron chi connectivity index (χ2n) is 6.43. The van der Waals surface area contributed by atoms with Gasteiger partial charge >= 0.3 is 11.9 Å². The summed E-state index contributed by atoms with van der Waals surface area (Å²) in [5, 5.41) is 0. The lowest BCUT2D eigenvalue weighted by molar-refractivity contribution is -0.145. The first-order valence-corrected chi connectivity index (χ1v) is 10.8. The summed E-state index contributed by atoms with van der Waals surface area (Å²) in [6.45, 7) is 8.55. The summed E-state index contributed by atoms with van der Waals surface area (Å²) in [4.78, 5) is 22.0. The van der Waals surface area contributed by atoms with Crippen molar-refractivity contribution in [2.75, 3.05) is 79.3 Å². The lowest BCUT2D eigenvalue weighted by Crippen LogP contribution is -2.15. The van der Waals surface area contributed by atoms with E-state index < -0.39 is 0 Å². The largest absolute Gasteiger partial charge is 0.463 e. The molecule has 0 saturated heterocycles. The second kappa shape index (κ2) is 24.0. The van der Waals surface area contributed by atoms with E-state index in [2.05, 4.69) is 6.92 Å². The summed E-state index contributed by atoms with van der Waals surface area (Å²) in [7, 11) is 0. The minimum Gasteiger partial charge on any atom is -0.463 e. The van der Waals surface area contributed by atoms with E-state index in [4.69, 9.17) is 33.2 Å². The van der Waals surface area contributed by atoms with Crippen LogP contribution in [0.15, 0.2) is 0 Å². The Labute approximate surface area is 180 Å². The predicted molar refractivity (Wildman–Crippen MR) is 110 cm³/mol. The number of hydrogen-bond donors (Lipinski definition) is 0. The Bertz CT molecular complexity index is 391. The summed E-state index contributed by atoms with van der Waals surface area (Å²) in [5.74, 6) is -0.464. The highest BCUT2D eigenvalue weighted by atomic mass is 16.6. The van der Waals surface area contributed by atoms with Gasteiger partial charge in [0.25, 0.3) is 0 Å². The smallest absolute Gasteiger partial charge is 0.305 e. The van der Waals surface area contributed by atoms with E-state index in [0.717, 1.165) is 25.7 Å². The highest BCUT2D eigenvalue weighted by Gasteiger charge is 2.02. The van der Waals surface area contributed by atoms with Crippen LogP contribution in [0.2, 0.25) is 0 Å². The molecule has 0 aliphatic carbocycles. The summed E-state index contributed by atoms with van der Waals surface area (Å²) in [5.41, 5.74) is 0. The summed E-state index contributed by atoms with van der Waals surface area (Å²) < 4.78 is 36.5. The highest BCUT2D eigenvalue weighted by molar-refractivity contribution is 5.69. The zero-order valence-electron chi connectivity index (χ0n) is 18.7. The zero-order valence-corrected chi connectivity index (χ0v) is 18.7. The number of ether oxygens (including phenoxy) is 7. The first-order chi connectivity index (χ1) is 14.7. The SMILES string of the molecule is CCCCCCC(=O)OCCOCCOCCOCCOCCOCCOC(C)=O. The van der Waals surface area contributed by atoms with Crippen molar-refractivity contribution >= 4 is 11.9 Å². The van der Waals surface area contributed by atoms with Gasteiger partial charge in [0.15, 0.2) is 0 Å². The Morgan fingerprint density at radius 2 is 0.933 bits per heavy atom. The summed E-state index contributed by atoms with van der Waals surface area (Å²) in [6, 6.07) is 0. The molecule has 0 atom stereocenters. The molecule has 0 radical (unpaired) electrons. The van der Waals surface area contributed by atoms with Crippen LogP contribution >= 0.6 is 0 Å². The average molecular weight is 437 g/mol. The van der Waals surface area contributed by atoms with Crippen LogP contribution < -0.4 is 0 Å². The van der Waals surface area contributed by atoms with Gasteiger partial charge < -0.3 is 33.2 Å². The van der Waals surface area contributed by atoms with Crippen molar-refractivity contribution in [3.05, 3.63) is 0 Å². The van der Waals surface area contributed by atoms with Crippen LogP contribution in [0.1, 0.15) is 46.0 Å². The van der Waals surface area contributed by atoms with Gasteiger partial charge in [0, 0.05) is 13.3 Å². The quantitative estimate of drug-likeness (QED) is 0.176. The minimum absolute atomic E-state index is 0.154. The lowest BCUT2D eigenvalue weighted by atomic mass is 10.2. The molecule has 0 amide bonds. The molecule has 0 heterocycles. The fourth-order valence-corrected chi connectivity index (χ4v) is 2.21. The molecule has 0 aromatic rings. The lowest BCUT2D eigenvalue weighted by Gasteiger charge is -2.08. The van der Waals surface area contributed by atoms with E-state index in [1.165, 1.54) is 6.92 Å². The van der Waals surface area contributed by atoms with Gasteiger partial charge in [0.05, 0.1) is 66.1 Å². The minimum atomic E-state index is -0.311. The first kappa shape index (κ1) is 28.7. The Morgan fingerprint density at radius 3 is 1.33 bits per heavy atom. The van der Waals surface area contributed by atoms with Crippen molar-refractivity contribution in [3.63, 3.8) is 0 Å². The van der Waals surface area contributed by atoms with Gasteiger partial charge in [-0.05, 0) is 6.42 Å². The van der Waals surface area contributed by atoms with Crippen LogP contribution in [-0.4, -0.2) is 91.2 Å². The molecule has 0 aromatic carbocycles. The third kappa shape index (κ3) is 24.8. The zero-order chi connectivity index (χ0) is 22.1. The third-order valence-electron chi connectivity index (χ3n) is 3.75. The number of rotatable bonds is 23. The molecule has 0 aromatic heterocycles. The Balaban J connectivity index is 3.09. The van der Waals surface area contributed by atoms with Crippen LogP contribution in [0, 0.1) is 0 Å². The maximum Gasteiger partial charge on any atom is 0.305 e. The van der Waals surface area contributed by atoms with Crippen LogP contribution in [0.25, 0.3) is 0 Å². The molecular formula is C21H40O9. The van der Waals surface area contributed by atoms with E-state index in [1.807, 2.05) is 0 Å². The molecule has 9 nitrogen and oxygen atoms in total. The molecule has 9 heteroatoms. The monoisotopic (exact) mass is 436 g/mol. The van der Waals surface area contributed by atoms with E-state index in [9.17, 15) is 9.59 Å². The second-order valence-corrected chi connectivity index (χ2v) is 6.43. The van der Waals surface area contributed by atoms with Crippen molar-refractivity contribution in [2.24, 2.45) is 0 Å². The van der Waals surface area contributed by atoms with Gasteiger partial charge in [0.2, 0.25) is 0 Å². The molecule has 30 heavy (non-hydrogen) atoms. The summed E-state index contributed by atoms with van der Waals surface area (Å²) in [6.07, 6.45) is 4.77. The van der Waals surface area contributed by atoms with E-state index in [1.54, 1.807) is 0 Å². The predicted octanol–water partition coefficient (Wildman–Crippen LogP) is 2.15. The van der Waals surface area contributed by atoms with E-state index in [0.29, 0.717) is 72.5 Å². The van der Waals surface area contributed by atoms with Crippen LogP contribution in [0.3, 0.4) is 0 Å². The molecule has 0 N–H and O–H groups in total. The molecule has 0 spiro atoms. The number of hydrogen-bond acceptors (Lipinski definition) is 9. The number of carbonyl (C=O) groups excluding carboxylic acids is 2. The molecule has 0 rings (SSSR count). The number of unbranched alkanes of at least 4 members (excludes halogenated alkanes) is 3. The molecule has 0 unspecified atom stereocenters. The Kier molecular flexibility index (Phi) is 23.0. The van der Waals surface area contributed by atoms with Crippen LogP contribution in [0.5, 0.6) is 0 Å². The fourth-order valence-electron chi connectivity index (χ4n) is 2.21. The molecule has 0 bridgehead atoms. The van der Waals surface area contributed by atoms with Crippen LogP contribution in [-0.2, 0) is 42.7 Å². The van der Waals surface area contributed by atoms with Gasteiger partial charge in [-0.15, -0.1) is 0 Å². The topological polar surface area (TPSA) is 98.8 Å². The van der Waals surface area contributed by atoms with Gasteiger partial charge in [-0.1, -0.05) is 26.2 Å². The molecular weight excluding hydrogens is 396 g/mol. The van der Waals surface area contributed by atoms with E-state index >= 15 is 0 Å². The van der Waals surface area contributed by atoms with Crippen LogP contribution in [0.4, 0.5) is 0 Å². The third-order valence-corrected chi connectivity index (χ3v) is 3.75. The highest BCUT2D eigenvalue weighted by Crippen LogP contribution is 2.03. The molecule has 0 saturated carbocycles. The van der Waals surface area contributed by atoms with Crippen molar-refractivity contribution in [1.29, 1.82) is 0 Å². The maximum atomic E-state index is 11.5. The normalized spacial score (nSPS) is 10.9.